The number of halogens is 1. The van der Waals surface area contributed by atoms with Crippen LogP contribution in [0.2, 0.25) is 5.02 Å². The van der Waals surface area contributed by atoms with Gasteiger partial charge in [0.2, 0.25) is 0 Å². The monoisotopic (exact) mass is 423 g/mol. The molecular weight excluding hydrogens is 390 g/mol. The second kappa shape index (κ2) is 12.2. The Kier molecular flexibility index (Phi) is 9.31. The Morgan fingerprint density at radius 2 is 2.24 bits per heavy atom. The molecule has 2 aliphatic heterocycles. The first-order chi connectivity index (χ1) is 14.3. The molecule has 0 bridgehead atoms. The number of pyridine rings is 1. The number of aliphatic imine (C=N–C) groups is 1. The van der Waals surface area contributed by atoms with Crippen LogP contribution < -0.4 is 15.5 Å². The molecule has 0 aromatic carbocycles. The number of guanidine groups is 1. The topological polar surface area (TPSA) is 71.0 Å². The zero-order chi connectivity index (χ0) is 20.3. The summed E-state index contributed by atoms with van der Waals surface area (Å²) in [6.07, 6.45) is 5.99. The van der Waals surface area contributed by atoms with E-state index in [9.17, 15) is 0 Å². The van der Waals surface area contributed by atoms with Crippen LogP contribution >= 0.6 is 11.6 Å². The first-order valence-corrected chi connectivity index (χ1v) is 11.2. The molecule has 2 aliphatic rings. The standard InChI is InChI=1S/C21H34ClN5O2/c1-2-23-21(25-10-4-12-29-16-17-7-13-28-14-8-17)26-18-6-11-27(15-18)20-19(22)5-3-9-24-20/h3,5,9,17-18H,2,4,6-8,10-16H2,1H3,(H2,23,25,26). The molecule has 7 nitrogen and oxygen atoms in total. The number of nitrogens with one attached hydrogen (secondary N) is 2. The van der Waals surface area contributed by atoms with Crippen molar-refractivity contribution in [2.24, 2.45) is 10.9 Å². The molecule has 0 aliphatic carbocycles. The van der Waals surface area contributed by atoms with Crippen molar-refractivity contribution in [2.75, 3.05) is 57.5 Å². The Labute approximate surface area is 179 Å². The fraction of sp³-hybridized carbons (Fsp3) is 0.714. The highest BCUT2D eigenvalue weighted by atomic mass is 35.5. The number of aromatic nitrogens is 1. The molecule has 3 rings (SSSR count). The summed E-state index contributed by atoms with van der Waals surface area (Å²) in [5, 5.41) is 7.60. The number of hydrogen-bond donors (Lipinski definition) is 2. The highest BCUT2D eigenvalue weighted by molar-refractivity contribution is 6.32. The molecule has 3 heterocycles. The van der Waals surface area contributed by atoms with Crippen LogP contribution in [0.4, 0.5) is 5.82 Å². The van der Waals surface area contributed by atoms with Gasteiger partial charge in [-0.2, -0.15) is 0 Å². The van der Waals surface area contributed by atoms with Crippen molar-refractivity contribution in [1.29, 1.82) is 0 Å². The van der Waals surface area contributed by atoms with Gasteiger partial charge < -0.3 is 25.0 Å². The van der Waals surface area contributed by atoms with E-state index >= 15 is 0 Å². The SMILES string of the molecule is CCNC(=NCCCOCC1CCOCC1)NC1CCN(c2ncccc2Cl)C1. The largest absolute Gasteiger partial charge is 0.381 e. The summed E-state index contributed by atoms with van der Waals surface area (Å²) in [6.45, 7) is 8.85. The Balaban J connectivity index is 1.37. The van der Waals surface area contributed by atoms with Crippen molar-refractivity contribution in [3.8, 4) is 0 Å². The predicted octanol–water partition coefficient (Wildman–Crippen LogP) is 2.70. The van der Waals surface area contributed by atoms with E-state index in [-0.39, 0.29) is 0 Å². The lowest BCUT2D eigenvalue weighted by Crippen LogP contribution is -2.44. The molecular formula is C21H34ClN5O2. The smallest absolute Gasteiger partial charge is 0.191 e. The van der Waals surface area contributed by atoms with Gasteiger partial charge in [0, 0.05) is 64.8 Å². The molecule has 1 aromatic rings. The van der Waals surface area contributed by atoms with Gasteiger partial charge in [0.1, 0.15) is 5.82 Å². The third-order valence-electron chi connectivity index (χ3n) is 5.32. The minimum atomic E-state index is 0.329. The van der Waals surface area contributed by atoms with Crippen LogP contribution in [-0.2, 0) is 9.47 Å². The number of anilines is 1. The lowest BCUT2D eigenvalue weighted by molar-refractivity contribution is 0.0205. The maximum atomic E-state index is 6.29. The second-order valence-corrected chi connectivity index (χ2v) is 8.04. The normalized spacial score (nSPS) is 20.8. The maximum absolute atomic E-state index is 6.29. The summed E-state index contributed by atoms with van der Waals surface area (Å²) < 4.78 is 11.2. The van der Waals surface area contributed by atoms with Gasteiger partial charge in [-0.1, -0.05) is 11.6 Å². The number of nitrogens with zero attached hydrogens (tertiary/aromatic N) is 3. The zero-order valence-electron chi connectivity index (χ0n) is 17.4. The van der Waals surface area contributed by atoms with Crippen LogP contribution in [0.25, 0.3) is 0 Å². The number of rotatable bonds is 9. The molecule has 0 amide bonds. The Hall–Kier alpha value is -1.57. The van der Waals surface area contributed by atoms with Crippen molar-refractivity contribution >= 4 is 23.4 Å². The van der Waals surface area contributed by atoms with E-state index in [2.05, 4.69) is 27.4 Å². The van der Waals surface area contributed by atoms with Crippen LogP contribution in [0.5, 0.6) is 0 Å². The summed E-state index contributed by atoms with van der Waals surface area (Å²) in [4.78, 5) is 11.4. The van der Waals surface area contributed by atoms with Crippen LogP contribution in [0.1, 0.15) is 32.6 Å². The Morgan fingerprint density at radius 3 is 3.03 bits per heavy atom. The first kappa shape index (κ1) is 22.1. The van der Waals surface area contributed by atoms with Crippen molar-refractivity contribution in [2.45, 2.75) is 38.6 Å². The lowest BCUT2D eigenvalue weighted by atomic mass is 10.0. The van der Waals surface area contributed by atoms with E-state index < -0.39 is 0 Å². The van der Waals surface area contributed by atoms with E-state index in [1.165, 1.54) is 0 Å². The second-order valence-electron chi connectivity index (χ2n) is 7.63. The van der Waals surface area contributed by atoms with Crippen LogP contribution in [0, 0.1) is 5.92 Å². The van der Waals surface area contributed by atoms with Crippen molar-refractivity contribution in [3.05, 3.63) is 23.4 Å². The molecule has 0 spiro atoms. The lowest BCUT2D eigenvalue weighted by Gasteiger charge is -2.21. The Morgan fingerprint density at radius 1 is 1.38 bits per heavy atom. The number of ether oxygens (including phenoxy) is 2. The number of hydrogen-bond acceptors (Lipinski definition) is 5. The summed E-state index contributed by atoms with van der Waals surface area (Å²) in [7, 11) is 0. The molecule has 1 atom stereocenters. The third kappa shape index (κ3) is 7.32. The summed E-state index contributed by atoms with van der Waals surface area (Å²) in [5.74, 6) is 2.39. The summed E-state index contributed by atoms with van der Waals surface area (Å²) in [6, 6.07) is 4.08. The highest BCUT2D eigenvalue weighted by Gasteiger charge is 2.25. The van der Waals surface area contributed by atoms with Crippen molar-refractivity contribution < 1.29 is 9.47 Å². The molecule has 8 heteroatoms. The molecule has 162 valence electrons. The predicted molar refractivity (Wildman–Crippen MR) is 118 cm³/mol. The summed E-state index contributed by atoms with van der Waals surface area (Å²) >= 11 is 6.29. The van der Waals surface area contributed by atoms with E-state index in [1.54, 1.807) is 6.20 Å². The Bertz CT molecular complexity index is 639. The molecule has 1 unspecified atom stereocenters. The molecule has 2 N–H and O–H groups in total. The molecule has 1 aromatic heterocycles. The first-order valence-electron chi connectivity index (χ1n) is 10.8. The fourth-order valence-corrected chi connectivity index (χ4v) is 3.96. The van der Waals surface area contributed by atoms with Crippen molar-refractivity contribution in [3.63, 3.8) is 0 Å². The fourth-order valence-electron chi connectivity index (χ4n) is 3.71. The van der Waals surface area contributed by atoms with Crippen LogP contribution in [0.15, 0.2) is 23.3 Å². The molecule has 0 radical (unpaired) electrons. The van der Waals surface area contributed by atoms with Gasteiger partial charge in [-0.25, -0.2) is 4.98 Å². The van der Waals surface area contributed by atoms with E-state index in [0.717, 1.165) is 90.1 Å². The minimum absolute atomic E-state index is 0.329. The van der Waals surface area contributed by atoms with E-state index in [0.29, 0.717) is 17.0 Å². The van der Waals surface area contributed by atoms with Crippen LogP contribution in [-0.4, -0.2) is 69.6 Å². The minimum Gasteiger partial charge on any atom is -0.381 e. The molecule has 2 fully saturated rings. The van der Waals surface area contributed by atoms with Gasteiger partial charge in [-0.15, -0.1) is 0 Å². The van der Waals surface area contributed by atoms with Gasteiger partial charge in [-0.05, 0) is 50.7 Å². The quantitative estimate of drug-likeness (QED) is 0.361. The van der Waals surface area contributed by atoms with Gasteiger partial charge in [0.05, 0.1) is 5.02 Å². The summed E-state index contributed by atoms with van der Waals surface area (Å²) in [5.41, 5.74) is 0. The maximum Gasteiger partial charge on any atom is 0.191 e. The van der Waals surface area contributed by atoms with Gasteiger partial charge >= 0.3 is 0 Å². The zero-order valence-corrected chi connectivity index (χ0v) is 18.2. The molecule has 29 heavy (non-hydrogen) atoms. The van der Waals surface area contributed by atoms with E-state index in [4.69, 9.17) is 26.1 Å². The molecule has 2 saturated heterocycles. The molecule has 0 saturated carbocycles. The van der Waals surface area contributed by atoms with Crippen molar-refractivity contribution in [1.82, 2.24) is 15.6 Å². The highest BCUT2D eigenvalue weighted by Crippen LogP contribution is 2.25. The van der Waals surface area contributed by atoms with Crippen LogP contribution in [0.3, 0.4) is 0 Å². The average molecular weight is 424 g/mol. The average Bonchev–Trinajstić information content (AvgIpc) is 3.20. The van der Waals surface area contributed by atoms with E-state index in [1.807, 2.05) is 12.1 Å². The van der Waals surface area contributed by atoms with Gasteiger partial charge in [0.25, 0.3) is 0 Å². The van der Waals surface area contributed by atoms with Gasteiger partial charge in [0.15, 0.2) is 5.96 Å². The van der Waals surface area contributed by atoms with Gasteiger partial charge in [-0.3, -0.25) is 4.99 Å². The third-order valence-corrected chi connectivity index (χ3v) is 5.62.